The van der Waals surface area contributed by atoms with Crippen LogP contribution in [0.5, 0.6) is 0 Å². The van der Waals surface area contributed by atoms with Crippen LogP contribution in [0.1, 0.15) is 54.4 Å². The second-order valence-corrected chi connectivity index (χ2v) is 7.81. The van der Waals surface area contributed by atoms with Gasteiger partial charge in [0.15, 0.2) is 0 Å². The van der Waals surface area contributed by atoms with Crippen LogP contribution in [0.3, 0.4) is 0 Å². The van der Waals surface area contributed by atoms with E-state index < -0.39 is 0 Å². The number of ketones is 1. The van der Waals surface area contributed by atoms with Crippen molar-refractivity contribution in [3.05, 3.63) is 70.8 Å². The van der Waals surface area contributed by atoms with E-state index in [1.807, 2.05) is 0 Å². The molecule has 0 aliphatic heterocycles. The average Bonchev–Trinajstić information content (AvgIpc) is 2.61. The van der Waals surface area contributed by atoms with E-state index in [4.69, 9.17) is 0 Å². The van der Waals surface area contributed by atoms with Crippen molar-refractivity contribution < 1.29 is 4.79 Å². The van der Waals surface area contributed by atoms with Gasteiger partial charge in [-0.05, 0) is 50.7 Å². The normalized spacial score (nSPS) is 21.6. The van der Waals surface area contributed by atoms with Crippen molar-refractivity contribution in [3.8, 4) is 0 Å². The molecular formula is C24H30O. The Morgan fingerprint density at radius 1 is 0.680 bits per heavy atom. The minimum Gasteiger partial charge on any atom is -0.299 e. The quantitative estimate of drug-likeness (QED) is 0.685. The molecule has 3 rings (SSSR count). The minimum atomic E-state index is 0.193. The molecule has 2 atom stereocenters. The van der Waals surface area contributed by atoms with E-state index in [0.717, 1.165) is 25.7 Å². The summed E-state index contributed by atoms with van der Waals surface area (Å²) in [7, 11) is 0. The van der Waals surface area contributed by atoms with Gasteiger partial charge >= 0.3 is 0 Å². The number of rotatable bonds is 4. The third-order valence-corrected chi connectivity index (χ3v) is 5.62. The van der Waals surface area contributed by atoms with E-state index in [0.29, 0.717) is 5.78 Å². The number of Topliss-reactive ketones (excluding diaryl/α,β-unsaturated/α-hetero) is 1. The van der Waals surface area contributed by atoms with Crippen LogP contribution < -0.4 is 0 Å². The fourth-order valence-corrected chi connectivity index (χ4v) is 4.00. The van der Waals surface area contributed by atoms with Crippen LogP contribution in [0.2, 0.25) is 0 Å². The monoisotopic (exact) mass is 334 g/mol. The van der Waals surface area contributed by atoms with Crippen LogP contribution in [0.4, 0.5) is 0 Å². The Kier molecular flexibility index (Phi) is 6.07. The number of carbonyl (C=O) groups excluding carboxylic acids is 1. The molecule has 0 aromatic heterocycles. The van der Waals surface area contributed by atoms with Crippen molar-refractivity contribution >= 4 is 5.78 Å². The summed E-state index contributed by atoms with van der Waals surface area (Å²) in [5.74, 6) is 0.887. The number of benzene rings is 2. The summed E-state index contributed by atoms with van der Waals surface area (Å²) in [5.41, 5.74) is 5.17. The average molecular weight is 335 g/mol. The van der Waals surface area contributed by atoms with Crippen molar-refractivity contribution in [2.24, 2.45) is 11.8 Å². The van der Waals surface area contributed by atoms with Crippen LogP contribution >= 0.6 is 0 Å². The first kappa shape index (κ1) is 17.9. The highest BCUT2D eigenvalue weighted by molar-refractivity contribution is 5.84. The molecule has 25 heavy (non-hydrogen) atoms. The molecule has 1 saturated carbocycles. The Morgan fingerprint density at radius 3 is 1.48 bits per heavy atom. The maximum atomic E-state index is 13.2. The Balaban J connectivity index is 1.72. The van der Waals surface area contributed by atoms with Crippen LogP contribution in [0.15, 0.2) is 48.5 Å². The van der Waals surface area contributed by atoms with Gasteiger partial charge in [-0.3, -0.25) is 4.79 Å². The van der Waals surface area contributed by atoms with Crippen molar-refractivity contribution in [2.45, 2.75) is 58.8 Å². The summed E-state index contributed by atoms with van der Waals surface area (Å²) in [6.45, 7) is 4.23. The second-order valence-electron chi connectivity index (χ2n) is 7.81. The SMILES string of the molecule is Cc1ccc(CC2CCCCCC(Cc3ccc(C)cc3)C2=O)cc1. The Hall–Kier alpha value is -1.89. The highest BCUT2D eigenvalue weighted by Crippen LogP contribution is 2.29. The van der Waals surface area contributed by atoms with Crippen molar-refractivity contribution in [3.63, 3.8) is 0 Å². The molecule has 1 fully saturated rings. The first-order valence-corrected chi connectivity index (χ1v) is 9.76. The third-order valence-electron chi connectivity index (χ3n) is 5.62. The summed E-state index contributed by atoms with van der Waals surface area (Å²) in [6, 6.07) is 17.4. The van der Waals surface area contributed by atoms with Gasteiger partial charge in [0.05, 0.1) is 0 Å². The molecule has 0 heterocycles. The fraction of sp³-hybridized carbons (Fsp3) is 0.458. The molecule has 0 spiro atoms. The third kappa shape index (κ3) is 5.04. The lowest BCUT2D eigenvalue weighted by Crippen LogP contribution is -2.28. The Labute approximate surface area is 152 Å². The van der Waals surface area contributed by atoms with Crippen LogP contribution in [0.25, 0.3) is 0 Å². The maximum absolute atomic E-state index is 13.2. The molecule has 0 saturated heterocycles. The molecule has 2 unspecified atom stereocenters. The Bertz CT molecular complexity index is 622. The highest BCUT2D eigenvalue weighted by Gasteiger charge is 2.28. The summed E-state index contributed by atoms with van der Waals surface area (Å²) in [4.78, 5) is 13.2. The van der Waals surface area contributed by atoms with Crippen molar-refractivity contribution in [2.75, 3.05) is 0 Å². The molecule has 0 N–H and O–H groups in total. The van der Waals surface area contributed by atoms with Gasteiger partial charge in [0, 0.05) is 11.8 Å². The van der Waals surface area contributed by atoms with Crippen LogP contribution in [0, 0.1) is 25.7 Å². The number of hydrogen-bond acceptors (Lipinski definition) is 1. The molecule has 1 heteroatoms. The van der Waals surface area contributed by atoms with Crippen molar-refractivity contribution in [1.82, 2.24) is 0 Å². The predicted molar refractivity (Wildman–Crippen MR) is 105 cm³/mol. The molecule has 132 valence electrons. The summed E-state index contributed by atoms with van der Waals surface area (Å²) in [5, 5.41) is 0. The van der Waals surface area contributed by atoms with E-state index in [-0.39, 0.29) is 11.8 Å². The summed E-state index contributed by atoms with van der Waals surface area (Å²) >= 11 is 0. The molecule has 1 aliphatic rings. The molecule has 1 aliphatic carbocycles. The smallest absolute Gasteiger partial charge is 0.139 e. The zero-order valence-electron chi connectivity index (χ0n) is 15.6. The lowest BCUT2D eigenvalue weighted by Gasteiger charge is -2.25. The molecule has 2 aromatic rings. The van der Waals surface area contributed by atoms with Crippen molar-refractivity contribution in [1.29, 1.82) is 0 Å². The highest BCUT2D eigenvalue weighted by atomic mass is 16.1. The van der Waals surface area contributed by atoms with Gasteiger partial charge in [-0.25, -0.2) is 0 Å². The van der Waals surface area contributed by atoms with E-state index >= 15 is 0 Å². The van der Waals surface area contributed by atoms with Crippen LogP contribution in [-0.2, 0) is 17.6 Å². The lowest BCUT2D eigenvalue weighted by molar-refractivity contribution is -0.127. The van der Waals surface area contributed by atoms with Gasteiger partial charge in [-0.2, -0.15) is 0 Å². The fourth-order valence-electron chi connectivity index (χ4n) is 4.00. The molecule has 0 amide bonds. The second kappa shape index (κ2) is 8.47. The standard InChI is InChI=1S/C24H30O/c1-18-8-12-20(13-9-18)16-22-6-4-3-5-7-23(24(22)25)17-21-14-10-19(2)11-15-21/h8-15,22-23H,3-7,16-17H2,1-2H3. The van der Waals surface area contributed by atoms with Gasteiger partial charge < -0.3 is 0 Å². The largest absolute Gasteiger partial charge is 0.299 e. The molecule has 1 nitrogen and oxygen atoms in total. The zero-order valence-corrected chi connectivity index (χ0v) is 15.6. The number of carbonyl (C=O) groups is 1. The predicted octanol–water partition coefficient (Wildman–Crippen LogP) is 5.85. The molecule has 0 bridgehead atoms. The number of aryl methyl sites for hydroxylation is 2. The minimum absolute atomic E-state index is 0.193. The topological polar surface area (TPSA) is 17.1 Å². The maximum Gasteiger partial charge on any atom is 0.139 e. The van der Waals surface area contributed by atoms with Gasteiger partial charge in [0.2, 0.25) is 0 Å². The van der Waals surface area contributed by atoms with E-state index in [2.05, 4.69) is 62.4 Å². The van der Waals surface area contributed by atoms with E-state index in [1.165, 1.54) is 41.5 Å². The molecular weight excluding hydrogens is 304 g/mol. The van der Waals surface area contributed by atoms with Gasteiger partial charge in [-0.15, -0.1) is 0 Å². The van der Waals surface area contributed by atoms with Crippen LogP contribution in [-0.4, -0.2) is 5.78 Å². The van der Waals surface area contributed by atoms with Gasteiger partial charge in [0.25, 0.3) is 0 Å². The number of hydrogen-bond donors (Lipinski definition) is 0. The van der Waals surface area contributed by atoms with E-state index in [1.54, 1.807) is 0 Å². The lowest BCUT2D eigenvalue weighted by atomic mass is 9.78. The van der Waals surface area contributed by atoms with Gasteiger partial charge in [0.1, 0.15) is 5.78 Å². The van der Waals surface area contributed by atoms with Gasteiger partial charge in [-0.1, -0.05) is 78.9 Å². The summed E-state index contributed by atoms with van der Waals surface area (Å²) in [6.07, 6.45) is 7.57. The zero-order chi connectivity index (χ0) is 17.6. The first-order valence-electron chi connectivity index (χ1n) is 9.76. The first-order chi connectivity index (χ1) is 12.1. The summed E-state index contributed by atoms with van der Waals surface area (Å²) < 4.78 is 0. The molecule has 0 radical (unpaired) electrons. The molecule has 2 aromatic carbocycles. The van der Waals surface area contributed by atoms with E-state index in [9.17, 15) is 4.79 Å². The Morgan fingerprint density at radius 2 is 1.08 bits per heavy atom.